The summed E-state index contributed by atoms with van der Waals surface area (Å²) < 4.78 is 6.02. The number of esters is 1. The van der Waals surface area contributed by atoms with E-state index in [1.54, 1.807) is 0 Å². The van der Waals surface area contributed by atoms with Gasteiger partial charge in [-0.3, -0.25) is 4.79 Å². The van der Waals surface area contributed by atoms with E-state index in [-0.39, 0.29) is 12.6 Å². The van der Waals surface area contributed by atoms with E-state index in [0.29, 0.717) is 6.42 Å². The van der Waals surface area contributed by atoms with Gasteiger partial charge in [-0.05, 0) is 37.1 Å². The molecule has 0 bridgehead atoms. The van der Waals surface area contributed by atoms with Crippen LogP contribution in [0.2, 0.25) is 0 Å². The number of benzene rings is 2. The summed E-state index contributed by atoms with van der Waals surface area (Å²) in [5.41, 5.74) is 5.99. The molecule has 2 aromatic carbocycles. The van der Waals surface area contributed by atoms with Gasteiger partial charge in [-0.1, -0.05) is 42.8 Å². The van der Waals surface area contributed by atoms with Crippen LogP contribution in [0.25, 0.3) is 5.57 Å². The van der Waals surface area contributed by atoms with Gasteiger partial charge in [-0.2, -0.15) is 0 Å². The molecule has 0 aliphatic carbocycles. The molecule has 0 saturated carbocycles. The van der Waals surface area contributed by atoms with E-state index in [2.05, 4.69) is 53.8 Å². The lowest BCUT2D eigenvalue weighted by Crippen LogP contribution is -2.07. The summed E-state index contributed by atoms with van der Waals surface area (Å²) >= 11 is 3.72. The fourth-order valence-electron chi connectivity index (χ4n) is 3.36. The van der Waals surface area contributed by atoms with Crippen LogP contribution in [0.3, 0.4) is 0 Å². The largest absolute Gasteiger partial charge is 0.469 e. The van der Waals surface area contributed by atoms with Gasteiger partial charge in [0.25, 0.3) is 0 Å². The van der Waals surface area contributed by atoms with Crippen molar-refractivity contribution in [2.24, 2.45) is 0 Å². The maximum Gasteiger partial charge on any atom is 0.305 e. The monoisotopic (exact) mass is 443 g/mol. The number of methoxy groups -OCH3 is 1. The van der Waals surface area contributed by atoms with E-state index >= 15 is 0 Å². The molecule has 6 heteroatoms. The quantitative estimate of drug-likeness (QED) is 0.278. The van der Waals surface area contributed by atoms with Gasteiger partial charge in [-0.15, -0.1) is 23.5 Å². The molecule has 3 rings (SSSR count). The van der Waals surface area contributed by atoms with Gasteiger partial charge in [0.15, 0.2) is 0 Å². The van der Waals surface area contributed by atoms with E-state index in [9.17, 15) is 9.90 Å². The lowest BCUT2D eigenvalue weighted by molar-refractivity contribution is -0.140. The molecule has 0 fully saturated rings. The highest BCUT2D eigenvalue weighted by atomic mass is 32.2. The number of hydrogen-bond acceptors (Lipinski definition) is 6. The van der Waals surface area contributed by atoms with Crippen LogP contribution in [0, 0.1) is 0 Å². The second-order valence-electron chi connectivity index (χ2n) is 7.04. The Balaban J connectivity index is 1.80. The van der Waals surface area contributed by atoms with Crippen LogP contribution in [-0.2, 0) is 9.53 Å². The summed E-state index contributed by atoms with van der Waals surface area (Å²) in [7, 11) is 1.44. The number of nitrogens with one attached hydrogen (secondary N) is 1. The molecule has 0 amide bonds. The normalized spacial score (nSPS) is 12.0. The number of aliphatic hydroxyl groups is 1. The van der Waals surface area contributed by atoms with Crippen molar-refractivity contribution in [3.05, 3.63) is 63.9 Å². The molecular formula is C24H29NO3S2. The predicted octanol–water partition coefficient (Wildman–Crippen LogP) is 6.04. The Morgan fingerprint density at radius 3 is 2.10 bits per heavy atom. The zero-order valence-corrected chi connectivity index (χ0v) is 19.0. The van der Waals surface area contributed by atoms with Crippen molar-refractivity contribution in [1.82, 2.24) is 0 Å². The Morgan fingerprint density at radius 1 is 0.900 bits per heavy atom. The predicted molar refractivity (Wildman–Crippen MR) is 129 cm³/mol. The van der Waals surface area contributed by atoms with E-state index in [4.69, 9.17) is 4.74 Å². The number of unbranched alkanes of at least 4 members (excludes halogenated alkanes) is 2. The van der Waals surface area contributed by atoms with Crippen molar-refractivity contribution in [3.8, 4) is 0 Å². The van der Waals surface area contributed by atoms with Gasteiger partial charge in [0.2, 0.25) is 0 Å². The summed E-state index contributed by atoms with van der Waals surface area (Å²) in [5.74, 6) is 1.76. The number of anilines is 2. The Hall–Kier alpha value is -1.89. The molecule has 0 atom stereocenters. The molecule has 1 heterocycles. The van der Waals surface area contributed by atoms with Crippen molar-refractivity contribution in [2.45, 2.75) is 32.1 Å². The zero-order chi connectivity index (χ0) is 21.2. The van der Waals surface area contributed by atoms with Crippen LogP contribution in [-0.4, -0.2) is 36.3 Å². The topological polar surface area (TPSA) is 58.6 Å². The average Bonchev–Trinajstić information content (AvgIpc) is 2.78. The molecule has 0 unspecified atom stereocenters. The van der Waals surface area contributed by atoms with Crippen molar-refractivity contribution in [3.63, 3.8) is 0 Å². The van der Waals surface area contributed by atoms with Crippen LogP contribution in [0.1, 0.15) is 43.2 Å². The second kappa shape index (κ2) is 12.1. The highest BCUT2D eigenvalue weighted by Crippen LogP contribution is 2.47. The average molecular weight is 444 g/mol. The number of hydrogen-bond donors (Lipinski definition) is 2. The van der Waals surface area contributed by atoms with Crippen molar-refractivity contribution >= 4 is 46.4 Å². The fourth-order valence-corrected chi connectivity index (χ4v) is 5.92. The molecule has 30 heavy (non-hydrogen) atoms. The van der Waals surface area contributed by atoms with Crippen LogP contribution in [0.5, 0.6) is 0 Å². The fraction of sp³-hybridized carbons (Fsp3) is 0.375. The van der Waals surface area contributed by atoms with E-state index < -0.39 is 0 Å². The minimum atomic E-state index is -0.132. The maximum absolute atomic E-state index is 11.3. The van der Waals surface area contributed by atoms with Crippen molar-refractivity contribution in [1.29, 1.82) is 0 Å². The molecule has 0 radical (unpaired) electrons. The van der Waals surface area contributed by atoms with E-state index in [1.165, 1.54) is 28.0 Å². The number of thioether (sulfide) groups is 2. The number of carbonyl (C=O) groups is 1. The van der Waals surface area contributed by atoms with Gasteiger partial charge < -0.3 is 15.2 Å². The van der Waals surface area contributed by atoms with Gasteiger partial charge >= 0.3 is 5.97 Å². The number of rotatable bonds is 11. The Bertz CT molecular complexity index is 835. The minimum Gasteiger partial charge on any atom is -0.469 e. The molecule has 2 aromatic rings. The van der Waals surface area contributed by atoms with E-state index in [1.807, 2.05) is 23.5 Å². The first kappa shape index (κ1) is 22.8. The smallest absolute Gasteiger partial charge is 0.305 e. The number of fused-ring (bicyclic) bond motifs is 2. The Morgan fingerprint density at radius 2 is 1.50 bits per heavy atom. The minimum absolute atomic E-state index is 0.132. The van der Waals surface area contributed by atoms with Crippen molar-refractivity contribution in [2.75, 3.05) is 30.5 Å². The zero-order valence-electron chi connectivity index (χ0n) is 17.4. The second-order valence-corrected chi connectivity index (χ2v) is 9.51. The lowest BCUT2D eigenvalue weighted by Gasteiger charge is -2.26. The van der Waals surface area contributed by atoms with E-state index in [0.717, 1.165) is 48.6 Å². The number of para-hydroxylation sites is 2. The molecule has 2 N–H and O–H groups in total. The number of ether oxygens (including phenoxy) is 1. The van der Waals surface area contributed by atoms with Gasteiger partial charge in [0.1, 0.15) is 0 Å². The SMILES string of the molecule is COC(=O)CCCCCSC(SCCCO)=C1c2ccccc2Nc2ccccc21. The third-order valence-electron chi connectivity index (χ3n) is 4.89. The first-order chi connectivity index (χ1) is 14.7. The summed E-state index contributed by atoms with van der Waals surface area (Å²) in [6.07, 6.45) is 4.21. The van der Waals surface area contributed by atoms with Gasteiger partial charge in [0, 0.05) is 51.1 Å². The number of carbonyl (C=O) groups excluding carboxylic acids is 1. The highest BCUT2D eigenvalue weighted by Gasteiger charge is 2.23. The Labute approximate surface area is 187 Å². The summed E-state index contributed by atoms with van der Waals surface area (Å²) in [4.78, 5) is 11.3. The highest BCUT2D eigenvalue weighted by molar-refractivity contribution is 8.22. The third kappa shape index (κ3) is 6.06. The summed E-state index contributed by atoms with van der Waals surface area (Å²) in [6, 6.07) is 16.9. The van der Waals surface area contributed by atoms with Crippen LogP contribution >= 0.6 is 23.5 Å². The lowest BCUT2D eigenvalue weighted by atomic mass is 9.93. The maximum atomic E-state index is 11.3. The third-order valence-corrected chi connectivity index (χ3v) is 7.51. The molecule has 0 saturated heterocycles. The van der Waals surface area contributed by atoms with Gasteiger partial charge in [0.05, 0.1) is 7.11 Å². The van der Waals surface area contributed by atoms with Crippen molar-refractivity contribution < 1.29 is 14.6 Å². The van der Waals surface area contributed by atoms with Gasteiger partial charge in [-0.25, -0.2) is 0 Å². The molecule has 160 valence electrons. The molecule has 1 aliphatic heterocycles. The van der Waals surface area contributed by atoms with Crippen LogP contribution in [0.4, 0.5) is 11.4 Å². The van der Waals surface area contributed by atoms with Crippen LogP contribution in [0.15, 0.2) is 52.8 Å². The molecular weight excluding hydrogens is 414 g/mol. The standard InChI is InChI=1S/C24H29NO3S2/c1-28-22(27)14-3-2-8-16-29-24(30-17-9-15-26)23-18-10-4-6-12-20(18)25-21-13-7-5-11-19(21)23/h4-7,10-13,25-26H,2-3,8-9,14-17H2,1H3. The summed E-state index contributed by atoms with van der Waals surface area (Å²) in [5, 5.41) is 12.8. The molecule has 1 aliphatic rings. The molecule has 0 aromatic heterocycles. The first-order valence-corrected chi connectivity index (χ1v) is 12.3. The first-order valence-electron chi connectivity index (χ1n) is 10.4. The summed E-state index contributed by atoms with van der Waals surface area (Å²) in [6.45, 7) is 0.211. The van der Waals surface area contributed by atoms with Crippen LogP contribution < -0.4 is 5.32 Å². The molecule has 0 spiro atoms. The molecule has 4 nitrogen and oxygen atoms in total. The Kier molecular flexibility index (Phi) is 9.18. The number of aliphatic hydroxyl groups excluding tert-OH is 1.